The van der Waals surface area contributed by atoms with E-state index in [2.05, 4.69) is 0 Å². The SMILES string of the molecule is C[C@H]1[C@H]2OC(C)(C)O[C@H]2O[C@@H]1CC(F)(F)P(C)(C)=O. The molecule has 0 unspecified atom stereocenters. The summed E-state index contributed by atoms with van der Waals surface area (Å²) in [6, 6.07) is 0. The third-order valence-corrected chi connectivity index (χ3v) is 5.49. The Labute approximate surface area is 112 Å². The summed E-state index contributed by atoms with van der Waals surface area (Å²) < 4.78 is 56.0. The van der Waals surface area contributed by atoms with Gasteiger partial charge in [-0.25, -0.2) is 0 Å². The molecule has 2 aliphatic heterocycles. The van der Waals surface area contributed by atoms with Crippen LogP contribution in [0.25, 0.3) is 0 Å². The number of halogens is 2. The first-order valence-corrected chi connectivity index (χ1v) is 8.97. The molecule has 19 heavy (non-hydrogen) atoms. The monoisotopic (exact) mass is 298 g/mol. The summed E-state index contributed by atoms with van der Waals surface area (Å²) in [7, 11) is -3.50. The Kier molecular flexibility index (Phi) is 3.63. The van der Waals surface area contributed by atoms with E-state index in [1.165, 1.54) is 0 Å². The van der Waals surface area contributed by atoms with Crippen molar-refractivity contribution >= 4 is 7.14 Å². The summed E-state index contributed by atoms with van der Waals surface area (Å²) >= 11 is 0. The number of hydrogen-bond donors (Lipinski definition) is 0. The fourth-order valence-corrected chi connectivity index (χ4v) is 3.04. The molecule has 2 aliphatic rings. The Balaban J connectivity index is 2.05. The van der Waals surface area contributed by atoms with Crippen molar-refractivity contribution in [2.45, 2.75) is 57.1 Å². The van der Waals surface area contributed by atoms with Gasteiger partial charge in [0.25, 0.3) is 5.66 Å². The smallest absolute Gasteiger partial charge is 0.300 e. The zero-order chi connectivity index (χ0) is 14.6. The average Bonchev–Trinajstić information content (AvgIpc) is 2.60. The van der Waals surface area contributed by atoms with Gasteiger partial charge in [-0.15, -0.1) is 0 Å². The van der Waals surface area contributed by atoms with Crippen LogP contribution < -0.4 is 0 Å². The van der Waals surface area contributed by atoms with Gasteiger partial charge in [0, 0.05) is 12.3 Å². The Morgan fingerprint density at radius 2 is 1.84 bits per heavy atom. The van der Waals surface area contributed by atoms with Gasteiger partial charge in [0.1, 0.15) is 13.2 Å². The second kappa shape index (κ2) is 4.48. The molecule has 0 radical (unpaired) electrons. The van der Waals surface area contributed by atoms with Gasteiger partial charge in [-0.2, -0.15) is 8.78 Å². The summed E-state index contributed by atoms with van der Waals surface area (Å²) in [5, 5.41) is 0. The average molecular weight is 298 g/mol. The molecular formula is C12H21F2O4P. The van der Waals surface area contributed by atoms with Gasteiger partial charge in [0.15, 0.2) is 12.1 Å². The molecule has 4 nitrogen and oxygen atoms in total. The van der Waals surface area contributed by atoms with E-state index < -0.39 is 37.4 Å². The molecule has 0 N–H and O–H groups in total. The molecule has 0 aromatic carbocycles. The topological polar surface area (TPSA) is 44.8 Å². The molecular weight excluding hydrogens is 277 g/mol. The van der Waals surface area contributed by atoms with Crippen LogP contribution in [0, 0.1) is 5.92 Å². The van der Waals surface area contributed by atoms with Crippen LogP contribution in [0.15, 0.2) is 0 Å². The Bertz CT molecular complexity index is 407. The van der Waals surface area contributed by atoms with Crippen LogP contribution in [0.3, 0.4) is 0 Å². The quantitative estimate of drug-likeness (QED) is 0.751. The van der Waals surface area contributed by atoms with Crippen molar-refractivity contribution in [2.24, 2.45) is 5.92 Å². The molecule has 0 amide bonds. The normalized spacial score (nSPS) is 38.5. The van der Waals surface area contributed by atoms with Gasteiger partial charge >= 0.3 is 0 Å². The van der Waals surface area contributed by atoms with Gasteiger partial charge < -0.3 is 18.8 Å². The molecule has 2 fully saturated rings. The lowest BCUT2D eigenvalue weighted by atomic mass is 9.99. The van der Waals surface area contributed by atoms with Crippen LogP contribution in [-0.2, 0) is 18.8 Å². The minimum atomic E-state index is -3.50. The molecule has 0 bridgehead atoms. The summed E-state index contributed by atoms with van der Waals surface area (Å²) in [4.78, 5) is 0. The van der Waals surface area contributed by atoms with E-state index >= 15 is 0 Å². The molecule has 4 atom stereocenters. The van der Waals surface area contributed by atoms with E-state index in [0.29, 0.717) is 0 Å². The van der Waals surface area contributed by atoms with Crippen molar-refractivity contribution in [1.82, 2.24) is 0 Å². The van der Waals surface area contributed by atoms with E-state index in [4.69, 9.17) is 14.2 Å². The highest BCUT2D eigenvalue weighted by molar-refractivity contribution is 7.63. The standard InChI is InChI=1S/C12H21F2O4P/c1-7-8(6-12(13,14)19(4,5)15)16-10-9(7)17-11(2,3)18-10/h7-10H,6H2,1-5H3/t7-,8-,9-,10-/m1/s1. The van der Waals surface area contributed by atoms with Crippen molar-refractivity contribution in [3.8, 4) is 0 Å². The van der Waals surface area contributed by atoms with Crippen molar-refractivity contribution < 1.29 is 27.6 Å². The second-order valence-corrected chi connectivity index (χ2v) is 9.58. The maximum atomic E-state index is 13.9. The number of ether oxygens (including phenoxy) is 3. The highest BCUT2D eigenvalue weighted by atomic mass is 31.2. The lowest BCUT2D eigenvalue weighted by molar-refractivity contribution is -0.213. The van der Waals surface area contributed by atoms with E-state index in [1.54, 1.807) is 20.8 Å². The molecule has 0 aromatic rings. The Morgan fingerprint density at radius 3 is 2.32 bits per heavy atom. The van der Waals surface area contributed by atoms with E-state index in [1.807, 2.05) is 0 Å². The molecule has 0 spiro atoms. The molecule has 112 valence electrons. The maximum absolute atomic E-state index is 13.9. The predicted octanol–water partition coefficient (Wildman–Crippen LogP) is 3.10. The highest BCUT2D eigenvalue weighted by Gasteiger charge is 2.56. The number of hydrogen-bond acceptors (Lipinski definition) is 4. The number of rotatable bonds is 3. The van der Waals surface area contributed by atoms with E-state index in [0.717, 1.165) is 13.3 Å². The zero-order valence-corrected chi connectivity index (χ0v) is 12.7. The van der Waals surface area contributed by atoms with Crippen LogP contribution in [0.4, 0.5) is 8.78 Å². The maximum Gasteiger partial charge on any atom is 0.300 e. The number of fused-ring (bicyclic) bond motifs is 1. The van der Waals surface area contributed by atoms with Crippen LogP contribution in [0.1, 0.15) is 27.2 Å². The minimum Gasteiger partial charge on any atom is -0.346 e. The first kappa shape index (κ1) is 15.4. The molecule has 0 aromatic heterocycles. The number of alkyl halides is 2. The van der Waals surface area contributed by atoms with Crippen molar-refractivity contribution in [3.63, 3.8) is 0 Å². The molecule has 0 aliphatic carbocycles. The summed E-state index contributed by atoms with van der Waals surface area (Å²) in [6.45, 7) is 7.52. The third kappa shape index (κ3) is 2.87. The fraction of sp³-hybridized carbons (Fsp3) is 1.00. The van der Waals surface area contributed by atoms with Crippen molar-refractivity contribution in [2.75, 3.05) is 13.3 Å². The zero-order valence-electron chi connectivity index (χ0n) is 11.9. The second-order valence-electron chi connectivity index (χ2n) is 6.22. The van der Waals surface area contributed by atoms with E-state index in [-0.39, 0.29) is 12.0 Å². The minimum absolute atomic E-state index is 0.218. The van der Waals surface area contributed by atoms with E-state index in [9.17, 15) is 13.3 Å². The van der Waals surface area contributed by atoms with Crippen LogP contribution in [-0.4, -0.2) is 43.3 Å². The van der Waals surface area contributed by atoms with Gasteiger partial charge in [-0.1, -0.05) is 6.92 Å². The van der Waals surface area contributed by atoms with Crippen LogP contribution in [0.2, 0.25) is 0 Å². The molecule has 7 heteroatoms. The van der Waals surface area contributed by atoms with Gasteiger partial charge in [-0.3, -0.25) is 0 Å². The van der Waals surface area contributed by atoms with Crippen LogP contribution >= 0.6 is 7.14 Å². The van der Waals surface area contributed by atoms with Crippen molar-refractivity contribution in [1.29, 1.82) is 0 Å². The van der Waals surface area contributed by atoms with Gasteiger partial charge in [-0.05, 0) is 27.2 Å². The first-order chi connectivity index (χ1) is 8.43. The largest absolute Gasteiger partial charge is 0.346 e. The lowest BCUT2D eigenvalue weighted by Crippen LogP contribution is -2.32. The fourth-order valence-electron chi connectivity index (χ4n) is 2.42. The summed E-state index contributed by atoms with van der Waals surface area (Å²) in [5.41, 5.74) is -3.22. The highest BCUT2D eigenvalue weighted by Crippen LogP contribution is 2.57. The van der Waals surface area contributed by atoms with Crippen LogP contribution in [0.5, 0.6) is 0 Å². The molecule has 2 rings (SSSR count). The lowest BCUT2D eigenvalue weighted by Gasteiger charge is -2.28. The molecule has 2 heterocycles. The molecule has 2 saturated heterocycles. The Hall–Kier alpha value is -0.0300. The van der Waals surface area contributed by atoms with Crippen molar-refractivity contribution in [3.05, 3.63) is 0 Å². The predicted molar refractivity (Wildman–Crippen MR) is 66.9 cm³/mol. The summed E-state index contributed by atoms with van der Waals surface area (Å²) in [5.74, 6) is -0.966. The molecule has 0 saturated carbocycles. The summed E-state index contributed by atoms with van der Waals surface area (Å²) in [6.07, 6.45) is -2.21. The Morgan fingerprint density at radius 1 is 1.26 bits per heavy atom. The first-order valence-electron chi connectivity index (χ1n) is 6.37. The van der Waals surface area contributed by atoms with Gasteiger partial charge in [0.05, 0.1) is 6.10 Å². The van der Waals surface area contributed by atoms with Gasteiger partial charge in [0.2, 0.25) is 0 Å². The third-order valence-electron chi connectivity index (χ3n) is 3.74.